The number of rotatable bonds is 9. The molecule has 3 aromatic carbocycles. The molecule has 4 nitrogen and oxygen atoms in total. The zero-order valence-corrected chi connectivity index (χ0v) is 20.3. The van der Waals surface area contributed by atoms with Crippen LogP contribution in [0.25, 0.3) is 6.08 Å². The molecule has 0 saturated carbocycles. The Morgan fingerprint density at radius 1 is 0.938 bits per heavy atom. The van der Waals surface area contributed by atoms with Gasteiger partial charge in [0.1, 0.15) is 23.1 Å². The Morgan fingerprint density at radius 3 is 2.06 bits per heavy atom. The van der Waals surface area contributed by atoms with E-state index in [4.69, 9.17) is 14.2 Å². The molecule has 0 N–H and O–H groups in total. The summed E-state index contributed by atoms with van der Waals surface area (Å²) in [5, 5.41) is 0. The zero-order chi connectivity index (χ0) is 23.1. The topological polar surface area (TPSA) is 44.8 Å². The van der Waals surface area contributed by atoms with Gasteiger partial charge in [-0.3, -0.25) is 4.79 Å². The van der Waals surface area contributed by atoms with E-state index in [1.165, 1.54) is 23.9 Å². The largest absolute Gasteiger partial charge is 0.496 e. The van der Waals surface area contributed by atoms with Crippen molar-refractivity contribution in [2.75, 3.05) is 21.3 Å². The third-order valence-electron chi connectivity index (χ3n) is 4.67. The molecule has 0 saturated heterocycles. The molecule has 0 bridgehead atoms. The van der Waals surface area contributed by atoms with Crippen molar-refractivity contribution in [2.24, 2.45) is 0 Å². The molecule has 0 heterocycles. The number of allylic oxidation sites excluding steroid dienone is 1. The quantitative estimate of drug-likeness (QED) is 0.232. The highest BCUT2D eigenvalue weighted by atomic mass is 79.9. The van der Waals surface area contributed by atoms with Crippen LogP contribution < -0.4 is 14.2 Å². The molecule has 0 aliphatic heterocycles. The summed E-state index contributed by atoms with van der Waals surface area (Å²) in [7, 11) is 4.66. The van der Waals surface area contributed by atoms with Crippen LogP contribution in [0.1, 0.15) is 21.5 Å². The fourth-order valence-corrected chi connectivity index (χ4v) is 4.19. The monoisotopic (exact) mass is 516 g/mol. The van der Waals surface area contributed by atoms with Gasteiger partial charge in [0.05, 0.1) is 31.8 Å². The number of thioether (sulfide) groups is 1. The number of Topliss-reactive ketones (excluding diaryl/α,β-unsaturated/α-hetero) is 1. The third-order valence-corrected chi connectivity index (χ3v) is 6.29. The summed E-state index contributed by atoms with van der Waals surface area (Å²) in [5.74, 6) is 1.68. The van der Waals surface area contributed by atoms with Crippen LogP contribution in [0.15, 0.2) is 70.0 Å². The second-order valence-electron chi connectivity index (χ2n) is 6.71. The second kappa shape index (κ2) is 11.2. The molecule has 7 heteroatoms. The molecule has 0 atom stereocenters. The maximum absolute atomic E-state index is 13.4. The van der Waals surface area contributed by atoms with Gasteiger partial charge < -0.3 is 14.2 Å². The van der Waals surface area contributed by atoms with Crippen LogP contribution in [0.5, 0.6) is 17.2 Å². The molecule has 0 fully saturated rings. The molecular weight excluding hydrogens is 495 g/mol. The summed E-state index contributed by atoms with van der Waals surface area (Å²) >= 11 is 4.76. The van der Waals surface area contributed by atoms with Crippen molar-refractivity contribution in [3.8, 4) is 17.2 Å². The van der Waals surface area contributed by atoms with E-state index in [0.29, 0.717) is 39.0 Å². The van der Waals surface area contributed by atoms with Gasteiger partial charge in [0.2, 0.25) is 0 Å². The van der Waals surface area contributed by atoms with Gasteiger partial charge >= 0.3 is 0 Å². The maximum atomic E-state index is 13.4. The molecule has 0 radical (unpaired) electrons. The number of hydrogen-bond donors (Lipinski definition) is 0. The van der Waals surface area contributed by atoms with Crippen LogP contribution in [-0.2, 0) is 5.75 Å². The Morgan fingerprint density at radius 2 is 1.53 bits per heavy atom. The van der Waals surface area contributed by atoms with Crippen LogP contribution >= 0.6 is 27.7 Å². The Kier molecular flexibility index (Phi) is 8.36. The lowest BCUT2D eigenvalue weighted by Gasteiger charge is -2.14. The van der Waals surface area contributed by atoms with Gasteiger partial charge in [0.15, 0.2) is 5.78 Å². The molecule has 32 heavy (non-hydrogen) atoms. The highest BCUT2D eigenvalue weighted by molar-refractivity contribution is 9.10. The van der Waals surface area contributed by atoms with E-state index in [2.05, 4.69) is 15.9 Å². The normalized spacial score (nSPS) is 11.2. The number of ether oxygens (including phenoxy) is 3. The fraction of sp³-hybridized carbons (Fsp3) is 0.160. The first-order valence-electron chi connectivity index (χ1n) is 9.64. The van der Waals surface area contributed by atoms with Crippen LogP contribution in [0.4, 0.5) is 4.39 Å². The van der Waals surface area contributed by atoms with Gasteiger partial charge in [0.25, 0.3) is 0 Å². The minimum atomic E-state index is -0.298. The van der Waals surface area contributed by atoms with Crippen LogP contribution in [0, 0.1) is 5.82 Å². The van der Waals surface area contributed by atoms with Crippen molar-refractivity contribution < 1.29 is 23.4 Å². The van der Waals surface area contributed by atoms with E-state index in [1.54, 1.807) is 63.8 Å². The number of methoxy groups -OCH3 is 3. The van der Waals surface area contributed by atoms with Gasteiger partial charge in [-0.25, -0.2) is 4.39 Å². The summed E-state index contributed by atoms with van der Waals surface area (Å²) in [6.45, 7) is 0. The number of carbonyl (C=O) groups is 1. The van der Waals surface area contributed by atoms with E-state index in [-0.39, 0.29) is 11.6 Å². The third kappa shape index (κ3) is 5.93. The summed E-state index contributed by atoms with van der Waals surface area (Å²) in [4.78, 5) is 13.9. The molecule has 3 aromatic rings. The van der Waals surface area contributed by atoms with E-state index < -0.39 is 0 Å². The minimum absolute atomic E-state index is 0.135. The van der Waals surface area contributed by atoms with Gasteiger partial charge in [-0.15, -0.1) is 11.8 Å². The first-order chi connectivity index (χ1) is 15.4. The van der Waals surface area contributed by atoms with E-state index in [1.807, 2.05) is 12.1 Å². The summed E-state index contributed by atoms with van der Waals surface area (Å²) in [6.07, 6.45) is 1.76. The Bertz CT molecular complexity index is 1090. The van der Waals surface area contributed by atoms with Crippen LogP contribution in [0.2, 0.25) is 0 Å². The SMILES string of the molecule is COc1cc(OC)c(/C=C(/SCc2ccc(F)cc2)C(=O)c2ccc(Br)cc2)c(OC)c1. The lowest BCUT2D eigenvalue weighted by atomic mass is 10.1. The van der Waals surface area contributed by atoms with Crippen molar-refractivity contribution in [1.29, 1.82) is 0 Å². The highest BCUT2D eigenvalue weighted by Crippen LogP contribution is 2.38. The second-order valence-corrected chi connectivity index (χ2v) is 8.64. The van der Waals surface area contributed by atoms with Crippen molar-refractivity contribution >= 4 is 39.6 Å². The predicted molar refractivity (Wildman–Crippen MR) is 130 cm³/mol. The van der Waals surface area contributed by atoms with Gasteiger partial charge in [-0.05, 0) is 48.0 Å². The summed E-state index contributed by atoms with van der Waals surface area (Å²) < 4.78 is 30.5. The van der Waals surface area contributed by atoms with Crippen molar-refractivity contribution in [3.63, 3.8) is 0 Å². The molecule has 0 aliphatic rings. The predicted octanol–water partition coefficient (Wildman–Crippen LogP) is 6.77. The molecule has 0 aromatic heterocycles. The summed E-state index contributed by atoms with van der Waals surface area (Å²) in [5.41, 5.74) is 2.08. The number of ketones is 1. The number of hydrogen-bond acceptors (Lipinski definition) is 5. The molecule has 0 unspecified atom stereocenters. The Balaban J connectivity index is 2.04. The number of benzene rings is 3. The highest BCUT2D eigenvalue weighted by Gasteiger charge is 2.18. The first-order valence-corrected chi connectivity index (χ1v) is 11.4. The van der Waals surface area contributed by atoms with Crippen molar-refractivity contribution in [2.45, 2.75) is 5.75 Å². The lowest BCUT2D eigenvalue weighted by Crippen LogP contribution is -2.02. The van der Waals surface area contributed by atoms with Gasteiger partial charge in [-0.1, -0.05) is 28.1 Å². The smallest absolute Gasteiger partial charge is 0.199 e. The molecule has 0 spiro atoms. The molecule has 0 aliphatic carbocycles. The van der Waals surface area contributed by atoms with Gasteiger partial charge in [-0.2, -0.15) is 0 Å². The number of halogens is 2. The molecule has 166 valence electrons. The van der Waals surface area contributed by atoms with Gasteiger partial charge in [0, 0.05) is 27.9 Å². The van der Waals surface area contributed by atoms with Crippen molar-refractivity contribution in [1.82, 2.24) is 0 Å². The number of carbonyl (C=O) groups excluding carboxylic acids is 1. The molecule has 3 rings (SSSR count). The Labute approximate surface area is 199 Å². The zero-order valence-electron chi connectivity index (χ0n) is 17.9. The lowest BCUT2D eigenvalue weighted by molar-refractivity contribution is 0.104. The summed E-state index contributed by atoms with van der Waals surface area (Å²) in [6, 6.07) is 16.9. The Hall–Kier alpha value is -2.77. The van der Waals surface area contributed by atoms with Crippen LogP contribution in [-0.4, -0.2) is 27.1 Å². The average Bonchev–Trinajstić information content (AvgIpc) is 2.82. The van der Waals surface area contributed by atoms with E-state index in [9.17, 15) is 9.18 Å². The average molecular weight is 517 g/mol. The maximum Gasteiger partial charge on any atom is 0.199 e. The van der Waals surface area contributed by atoms with Crippen molar-refractivity contribution in [3.05, 3.63) is 92.5 Å². The molecular formula is C25H22BrFO4S. The standard InChI is InChI=1S/C25H22BrFO4S/c1-29-20-12-22(30-2)21(23(13-20)31-3)14-24(25(28)17-6-8-18(26)9-7-17)32-15-16-4-10-19(27)11-5-16/h4-14H,15H2,1-3H3/b24-14+. The first kappa shape index (κ1) is 23.9. The molecule has 0 amide bonds. The minimum Gasteiger partial charge on any atom is -0.496 e. The van der Waals surface area contributed by atoms with E-state index >= 15 is 0 Å². The van der Waals surface area contributed by atoms with E-state index in [0.717, 1.165) is 10.0 Å². The fourth-order valence-electron chi connectivity index (χ4n) is 2.96. The van der Waals surface area contributed by atoms with Crippen LogP contribution in [0.3, 0.4) is 0 Å².